The van der Waals surface area contributed by atoms with Crippen molar-refractivity contribution in [2.75, 3.05) is 6.61 Å². The summed E-state index contributed by atoms with van der Waals surface area (Å²) in [4.78, 5) is 14.5. The van der Waals surface area contributed by atoms with E-state index in [9.17, 15) is 127 Å². The quantitative estimate of drug-likeness (QED) is 0.0199. The van der Waals surface area contributed by atoms with Gasteiger partial charge in [-0.1, -0.05) is 105 Å². The number of allylic oxidation sites excluding steroid dienone is 2. The average Bonchev–Trinajstić information content (AvgIpc) is 0.750. The minimum atomic E-state index is -2.99. The van der Waals surface area contributed by atoms with Gasteiger partial charge in [0.15, 0.2) is 49.8 Å². The second-order valence-corrected chi connectivity index (χ2v) is 43.5. The number of esters is 1. The number of fused-ring (bicyclic) bond motifs is 2. The van der Waals surface area contributed by atoms with Crippen molar-refractivity contribution in [3.8, 4) is 0 Å². The van der Waals surface area contributed by atoms with Crippen LogP contribution in [0.3, 0.4) is 0 Å². The number of carbonyl (C=O) groups excluding carboxylic acids is 1. The molecule has 9 rings (SSSR count). The fourth-order valence-electron chi connectivity index (χ4n) is 20.9. The second-order valence-electron chi connectivity index (χ2n) is 43.5. The summed E-state index contributed by atoms with van der Waals surface area (Å²) >= 11 is 0. The maximum Gasteiger partial charge on any atom is 0.312 e. The molecule has 44 heteroatoms. The van der Waals surface area contributed by atoms with Crippen molar-refractivity contribution in [3.05, 3.63) is 36.5 Å². The van der Waals surface area contributed by atoms with Crippen LogP contribution in [-0.2, 0) is 80.6 Å². The molecule has 24 unspecified atom stereocenters. The Bertz CT molecular complexity index is 3780. The summed E-state index contributed by atoms with van der Waals surface area (Å²) in [6, 6.07) is -1.87. The zero-order valence-electron chi connectivity index (χ0n) is 86.3. The van der Waals surface area contributed by atoms with E-state index >= 15 is 0 Å². The van der Waals surface area contributed by atoms with Crippen LogP contribution in [-0.4, -0.2) is 435 Å². The first-order valence-corrected chi connectivity index (χ1v) is 52.2. The number of carbonyl (C=O) groups is 1. The summed E-state index contributed by atoms with van der Waals surface area (Å²) in [6.45, 7) is 25.5. The van der Waals surface area contributed by atoms with Gasteiger partial charge in [-0.25, -0.2) is 0 Å². The Hall–Kier alpha value is -2.99. The lowest BCUT2D eigenvalue weighted by molar-refractivity contribution is -0.407. The standard InChI is InChI=1S/C100H179N3O41/c1-17-61-66(111)28-22-26-57(105)33-59(107)31-29-44(3)72(138-98-91(143-95-85(122)83(120)80(117)53(12)133-95)90(141-75-38-63(102)79(116)52(11)131-75)88(55(14)135-98)142-97-87(124)89(81(118)54(13)134-97)140-74-37-62(101)78(115)51(10)130-74)40-100(128)93(126)68(113)39-71(144-100)49(8)70(137-96-86(123)84(121)82(119)73(42-104)139-96)36-60(108)34-67(112)48(7)64(109)27-21-19-23-43(2)69(136-94(61)127)35-58(106)25-20-18-24-45(4)77(114)46(5)30-32-65(110)47(6)50(9)129-76-41-99(16,103)92(125)56(15)132-76/h19,21-23,27-28,43-93,95-98,104-126,128H,17-18,20,24-26,29-42,101-103H2,1-16H3/b23-19+,27-21+,28-22+/t43?,44?,45?,46?,47?,48?,49?,50?,51-,52-,53-,54-,55-,56+,57?,58?,59?,60?,61?,62-,63-,64?,65?,66?,67?,68?,69?,70-,71?,72?,73-,74+,75+,76-,77?,78-,79-,80-,81-,82-,83+,84+,85-,86-,87-,88-,89+,90+,91-,92-,93?,95+,96-,97+,98+,99+,100?/m1/s1. The van der Waals surface area contributed by atoms with Gasteiger partial charge < -0.3 is 216 Å². The molecule has 9 aliphatic heterocycles. The third-order valence-electron chi connectivity index (χ3n) is 31.5. The number of unbranched alkanes of at least 4 members (excludes halogenated alkanes) is 1. The van der Waals surface area contributed by atoms with Crippen molar-refractivity contribution in [2.45, 2.75) is 532 Å². The predicted octanol–water partition coefficient (Wildman–Crippen LogP) is -2.62. The van der Waals surface area contributed by atoms with E-state index in [0.29, 0.717) is 32.1 Å². The van der Waals surface area contributed by atoms with Crippen LogP contribution in [0.25, 0.3) is 0 Å². The maximum atomic E-state index is 14.5. The van der Waals surface area contributed by atoms with Crippen LogP contribution in [0.5, 0.6) is 0 Å². The SMILES string of the molecule is CCC1C(=O)OC(CC(O)CCCCC(C)C(O)C(C)CCC(O)C(C)C(C)O[C@H]2C[C@](C)(N)[C@H](O)[C@H](C)O2)C(C)/C=C/C=C/C(O)C(C)C(O)CC(O)C[C@@H](O[C@@H]2O[C@H](CO)[C@@H](O)[C@H](O)[C@H]2O)C(C)C2CC(O)C(O)C(O)(CC(O[C@@H]3O[C@H](C)[C@@H](O[C@@H]4O[C@H](C)[C@@H](O)[C@H](O[C@H]5C[C@@H](N)[C@H](O)[C@@H](C)O5)[C@H]4O)[C@H](O[C@H]4C[C@@H](N)[C@H](O)[C@@H](C)O4)[C@H]3O[C@@H]3O[C@H](C)[C@@H](O)[C@H](O)[C@H]3O)C(C)CCC(O)CC(O)C/C=C/C1O)O2. The summed E-state index contributed by atoms with van der Waals surface area (Å²) in [6.07, 6.45) is -56.9. The normalized spacial score (nSPS) is 48.4. The van der Waals surface area contributed by atoms with Crippen LogP contribution in [0.2, 0.25) is 0 Å². The number of ether oxygens (including phenoxy) is 16. The number of rotatable bonds is 30. The Morgan fingerprint density at radius 1 is 0.465 bits per heavy atom. The average molecular weight is 2080 g/mol. The molecule has 9 aliphatic rings. The molecule has 2 bridgehead atoms. The van der Waals surface area contributed by atoms with Crippen molar-refractivity contribution in [2.24, 2.45) is 64.5 Å². The van der Waals surface area contributed by atoms with Gasteiger partial charge in [0, 0.05) is 86.2 Å². The zero-order chi connectivity index (χ0) is 107. The van der Waals surface area contributed by atoms with E-state index in [4.69, 9.17) is 93.0 Å². The summed E-state index contributed by atoms with van der Waals surface area (Å²) in [5, 5.41) is 278. The van der Waals surface area contributed by atoms with E-state index in [1.54, 1.807) is 53.7 Å². The van der Waals surface area contributed by atoms with Crippen LogP contribution in [0.4, 0.5) is 0 Å². The monoisotopic (exact) mass is 2080 g/mol. The highest BCUT2D eigenvalue weighted by atomic mass is 16.8. The Morgan fingerprint density at radius 2 is 1.01 bits per heavy atom. The zero-order valence-corrected chi connectivity index (χ0v) is 86.3. The van der Waals surface area contributed by atoms with Gasteiger partial charge in [-0.3, -0.25) is 4.79 Å². The molecule has 44 nitrogen and oxygen atoms in total. The van der Waals surface area contributed by atoms with Crippen LogP contribution in [0.15, 0.2) is 36.5 Å². The van der Waals surface area contributed by atoms with Gasteiger partial charge in [0.05, 0.1) is 153 Å². The number of aliphatic hydroxyl groups is 24. The molecule has 57 atom stereocenters. The van der Waals surface area contributed by atoms with Gasteiger partial charge in [-0.05, 0) is 137 Å². The molecule has 0 aromatic carbocycles. The Labute approximate surface area is 845 Å². The van der Waals surface area contributed by atoms with Crippen molar-refractivity contribution in [1.82, 2.24) is 0 Å². The van der Waals surface area contributed by atoms with Gasteiger partial charge in [0.2, 0.25) is 0 Å². The summed E-state index contributed by atoms with van der Waals surface area (Å²) in [5.74, 6) is -9.59. The number of hydrogen-bond acceptors (Lipinski definition) is 44. The third kappa shape index (κ3) is 33.3. The number of nitrogens with two attached hydrogens (primary N) is 3. The Kier molecular flexibility index (Phi) is 48.8. The van der Waals surface area contributed by atoms with Crippen LogP contribution < -0.4 is 17.2 Å². The van der Waals surface area contributed by atoms with Crippen molar-refractivity contribution < 1.29 is 203 Å². The fraction of sp³-hybridized carbons (Fsp3) is 0.930. The van der Waals surface area contributed by atoms with E-state index in [1.807, 2.05) is 27.7 Å². The Morgan fingerprint density at radius 3 is 1.62 bits per heavy atom. The third-order valence-corrected chi connectivity index (χ3v) is 31.5. The molecule has 9 heterocycles. The van der Waals surface area contributed by atoms with Gasteiger partial charge in [-0.2, -0.15) is 0 Å². The topological polar surface area (TPSA) is 728 Å². The van der Waals surface area contributed by atoms with Crippen molar-refractivity contribution in [1.29, 1.82) is 0 Å². The van der Waals surface area contributed by atoms with Crippen LogP contribution >= 0.6 is 0 Å². The molecule has 0 aliphatic carbocycles. The fourth-order valence-corrected chi connectivity index (χ4v) is 20.9. The smallest absolute Gasteiger partial charge is 0.312 e. The molecule has 0 aromatic rings. The highest BCUT2D eigenvalue weighted by Crippen LogP contribution is 2.45. The van der Waals surface area contributed by atoms with E-state index in [0.717, 1.165) is 0 Å². The van der Waals surface area contributed by atoms with Gasteiger partial charge in [0.25, 0.3) is 0 Å². The van der Waals surface area contributed by atoms with Crippen molar-refractivity contribution in [3.63, 3.8) is 0 Å². The number of hydrogen-bond donors (Lipinski definition) is 27. The molecule has 840 valence electrons. The molecule has 0 radical (unpaired) electrons. The van der Waals surface area contributed by atoms with Crippen LogP contribution in [0.1, 0.15) is 233 Å². The molecular formula is C100H179N3O41. The molecule has 8 saturated heterocycles. The first-order chi connectivity index (χ1) is 67.5. The molecule has 30 N–H and O–H groups in total. The summed E-state index contributed by atoms with van der Waals surface area (Å²) in [7, 11) is 0. The molecule has 0 amide bonds. The largest absolute Gasteiger partial charge is 0.461 e. The maximum absolute atomic E-state index is 14.5. The lowest BCUT2D eigenvalue weighted by atomic mass is 9.82. The highest BCUT2D eigenvalue weighted by Gasteiger charge is 2.60. The van der Waals surface area contributed by atoms with E-state index < -0.39 is 367 Å². The van der Waals surface area contributed by atoms with Gasteiger partial charge in [0.1, 0.15) is 91.6 Å². The molecule has 0 aromatic heterocycles. The number of cyclic esters (lactones) is 1. The van der Waals surface area contributed by atoms with Crippen LogP contribution in [0, 0.1) is 47.3 Å². The highest BCUT2D eigenvalue weighted by molar-refractivity contribution is 5.73. The molecule has 0 saturated carbocycles. The first-order valence-electron chi connectivity index (χ1n) is 52.2. The van der Waals surface area contributed by atoms with Crippen molar-refractivity contribution >= 4 is 5.97 Å². The molecule has 0 spiro atoms. The lowest BCUT2D eigenvalue weighted by Gasteiger charge is -2.52. The molecular weight excluding hydrogens is 1900 g/mol. The Balaban J connectivity index is 1.00. The minimum Gasteiger partial charge on any atom is -0.461 e. The molecule has 144 heavy (non-hydrogen) atoms. The summed E-state index contributed by atoms with van der Waals surface area (Å²) in [5.41, 5.74) is 18.3. The minimum absolute atomic E-state index is 0.0551. The molecule has 8 fully saturated rings. The van der Waals surface area contributed by atoms with Gasteiger partial charge >= 0.3 is 5.97 Å². The second kappa shape index (κ2) is 56.4. The van der Waals surface area contributed by atoms with E-state index in [1.165, 1.54) is 65.8 Å². The van der Waals surface area contributed by atoms with Gasteiger partial charge in [-0.15, -0.1) is 0 Å². The van der Waals surface area contributed by atoms with E-state index in [-0.39, 0.29) is 82.0 Å². The predicted molar refractivity (Wildman–Crippen MR) is 510 cm³/mol. The van der Waals surface area contributed by atoms with E-state index in [2.05, 4.69) is 0 Å². The number of aliphatic hydroxyl groups excluding tert-OH is 23. The lowest BCUT2D eigenvalue weighted by Crippen LogP contribution is -2.67. The first kappa shape index (κ1) is 124. The summed E-state index contributed by atoms with van der Waals surface area (Å²) < 4.78 is 102.